The van der Waals surface area contributed by atoms with Gasteiger partial charge in [0.25, 0.3) is 0 Å². The van der Waals surface area contributed by atoms with Crippen molar-refractivity contribution >= 4 is 23.4 Å². The molecule has 7 nitrogen and oxygen atoms in total. The van der Waals surface area contributed by atoms with Crippen molar-refractivity contribution in [2.45, 2.75) is 42.1 Å². The third kappa shape index (κ3) is 6.46. The molecule has 0 aliphatic rings. The zero-order valence-electron chi connectivity index (χ0n) is 17.6. The van der Waals surface area contributed by atoms with Crippen molar-refractivity contribution in [3.63, 3.8) is 0 Å². The van der Waals surface area contributed by atoms with E-state index in [9.17, 15) is 32.9 Å². The van der Waals surface area contributed by atoms with Gasteiger partial charge in [-0.2, -0.15) is 0 Å². The summed E-state index contributed by atoms with van der Waals surface area (Å²) in [4.78, 5) is 0.0513. The Kier molecular flexibility index (Phi) is 8.90. The second kappa shape index (κ2) is 11.5. The molecular formula is C21H20ClF4N3O4S. The lowest BCUT2D eigenvalue weighted by Crippen LogP contribution is -2.39. The number of hydrogen-bond donors (Lipinski definition) is 3. The average molecular weight is 522 g/mol. The number of nitrogens with zero attached hydrogens (tertiary/aromatic N) is 3. The zero-order chi connectivity index (χ0) is 25.0. The van der Waals surface area contributed by atoms with E-state index in [0.29, 0.717) is 0 Å². The summed E-state index contributed by atoms with van der Waals surface area (Å²) in [6.07, 6.45) is -2.32. The molecule has 2 aromatic carbocycles. The van der Waals surface area contributed by atoms with Gasteiger partial charge in [-0.05, 0) is 37.3 Å². The molecular weight excluding hydrogens is 502 g/mol. The fraction of sp³-hybridized carbons (Fsp3) is 0.333. The number of rotatable bonds is 10. The Balaban J connectivity index is 1.82. The van der Waals surface area contributed by atoms with Gasteiger partial charge in [0, 0.05) is 15.5 Å². The molecule has 0 saturated heterocycles. The first-order valence-electron chi connectivity index (χ1n) is 9.88. The Hall–Kier alpha value is -2.22. The van der Waals surface area contributed by atoms with Crippen LogP contribution in [0.2, 0.25) is 5.02 Å². The molecule has 3 rings (SSSR count). The lowest BCUT2D eigenvalue weighted by atomic mass is 10.1. The minimum absolute atomic E-state index is 0.00761. The smallest absolute Gasteiger partial charge is 0.194 e. The number of thioether (sulfide) groups is 1. The summed E-state index contributed by atoms with van der Waals surface area (Å²) in [5.41, 5.74) is -1.27. The van der Waals surface area contributed by atoms with E-state index in [1.54, 1.807) is 0 Å². The van der Waals surface area contributed by atoms with Crippen molar-refractivity contribution < 1.29 is 37.6 Å². The van der Waals surface area contributed by atoms with Crippen molar-refractivity contribution in [1.82, 2.24) is 15.0 Å². The summed E-state index contributed by atoms with van der Waals surface area (Å²) < 4.78 is 61.3. The molecule has 34 heavy (non-hydrogen) atoms. The van der Waals surface area contributed by atoms with Crippen LogP contribution >= 0.6 is 23.4 Å². The second-order valence-corrected chi connectivity index (χ2v) is 8.88. The summed E-state index contributed by atoms with van der Waals surface area (Å²) >= 11 is 6.69. The monoisotopic (exact) mass is 521 g/mol. The molecule has 0 saturated carbocycles. The maximum absolute atomic E-state index is 14.3. The van der Waals surface area contributed by atoms with Gasteiger partial charge in [-0.3, -0.25) is 0 Å². The van der Waals surface area contributed by atoms with Crippen LogP contribution in [0.1, 0.15) is 6.92 Å². The molecule has 13 heteroatoms. The highest BCUT2D eigenvalue weighted by molar-refractivity contribution is 7.99. The summed E-state index contributed by atoms with van der Waals surface area (Å²) in [6.45, 7) is 0.533. The maximum Gasteiger partial charge on any atom is 0.194 e. The van der Waals surface area contributed by atoms with Crippen LogP contribution in [0, 0.1) is 23.3 Å². The molecule has 0 radical (unpaired) electrons. The number of ether oxygens (including phenoxy) is 1. The SMILES string of the molecule is C[C@@H](O)C(CO)OC(Sc1cc(Cl)ccc1F)[C@@H](O)Cn1cc(-c2cc(F)c(F)c(F)c2)nn1. The third-order valence-corrected chi connectivity index (χ3v) is 6.13. The highest BCUT2D eigenvalue weighted by Gasteiger charge is 2.29. The molecule has 2 unspecified atom stereocenters. The van der Waals surface area contributed by atoms with Gasteiger partial charge < -0.3 is 20.1 Å². The van der Waals surface area contributed by atoms with Crippen molar-refractivity contribution in [2.75, 3.05) is 6.61 Å². The Bertz CT molecular complexity index is 1110. The van der Waals surface area contributed by atoms with Crippen LogP contribution in [0.25, 0.3) is 11.3 Å². The van der Waals surface area contributed by atoms with Gasteiger partial charge >= 0.3 is 0 Å². The normalized spacial score (nSPS) is 15.2. The van der Waals surface area contributed by atoms with E-state index < -0.39 is 53.6 Å². The number of benzene rings is 2. The summed E-state index contributed by atoms with van der Waals surface area (Å²) in [5.74, 6) is -5.04. The van der Waals surface area contributed by atoms with Gasteiger partial charge in [-0.15, -0.1) is 5.10 Å². The topological polar surface area (TPSA) is 101 Å². The molecule has 1 aromatic heterocycles. The van der Waals surface area contributed by atoms with Crippen LogP contribution in [0.4, 0.5) is 17.6 Å². The first-order valence-corrected chi connectivity index (χ1v) is 11.1. The standard InChI is InChI=1S/C21H20ClF4N3O4S/c1-10(31)18(9-30)33-21(34-19-6-12(22)2-3-13(19)23)17(32)8-29-7-16(27-28-29)11-4-14(24)20(26)15(25)5-11/h2-7,10,17-18,21,30-32H,8-9H2,1H3/t10-,17+,18?,21?/m1/s1. The predicted molar refractivity (Wildman–Crippen MR) is 116 cm³/mol. The number of aliphatic hydroxyl groups is 3. The van der Waals surface area contributed by atoms with Crippen LogP contribution in [0.3, 0.4) is 0 Å². The highest BCUT2D eigenvalue weighted by atomic mass is 35.5. The van der Waals surface area contributed by atoms with Crippen molar-refractivity contribution in [2.24, 2.45) is 0 Å². The largest absolute Gasteiger partial charge is 0.394 e. The van der Waals surface area contributed by atoms with E-state index in [4.69, 9.17) is 16.3 Å². The minimum atomic E-state index is -1.62. The van der Waals surface area contributed by atoms with Crippen LogP contribution in [0.5, 0.6) is 0 Å². The van der Waals surface area contributed by atoms with Crippen LogP contribution in [-0.4, -0.2) is 60.7 Å². The number of aliphatic hydroxyl groups excluding tert-OH is 3. The van der Waals surface area contributed by atoms with Gasteiger partial charge in [0.1, 0.15) is 29.2 Å². The van der Waals surface area contributed by atoms with Crippen molar-refractivity contribution in [3.05, 3.63) is 64.8 Å². The minimum Gasteiger partial charge on any atom is -0.394 e. The fourth-order valence-corrected chi connectivity index (χ4v) is 4.18. The summed E-state index contributed by atoms with van der Waals surface area (Å²) in [5, 5.41) is 37.9. The zero-order valence-corrected chi connectivity index (χ0v) is 19.1. The van der Waals surface area contributed by atoms with E-state index in [-0.39, 0.29) is 27.7 Å². The summed E-state index contributed by atoms with van der Waals surface area (Å²) in [6, 6.07) is 5.31. The molecule has 1 heterocycles. The Labute approximate surface area is 200 Å². The average Bonchev–Trinajstić information content (AvgIpc) is 3.25. The molecule has 0 bridgehead atoms. The van der Waals surface area contributed by atoms with Gasteiger partial charge in [0.2, 0.25) is 0 Å². The van der Waals surface area contributed by atoms with E-state index in [1.807, 2.05) is 0 Å². The molecule has 0 spiro atoms. The molecule has 3 aromatic rings. The Morgan fingerprint density at radius 1 is 1.09 bits per heavy atom. The number of aromatic nitrogens is 3. The second-order valence-electron chi connectivity index (χ2n) is 7.31. The first-order chi connectivity index (χ1) is 16.1. The quantitative estimate of drug-likeness (QED) is 0.163. The predicted octanol–water partition coefficient (Wildman–Crippen LogP) is 3.39. The van der Waals surface area contributed by atoms with E-state index in [0.717, 1.165) is 34.6 Å². The maximum atomic E-state index is 14.3. The highest BCUT2D eigenvalue weighted by Crippen LogP contribution is 2.32. The van der Waals surface area contributed by atoms with Crippen LogP contribution in [0.15, 0.2) is 41.4 Å². The third-order valence-electron chi connectivity index (χ3n) is 4.67. The molecule has 3 N–H and O–H groups in total. The molecule has 184 valence electrons. The van der Waals surface area contributed by atoms with Crippen LogP contribution < -0.4 is 0 Å². The Morgan fingerprint density at radius 2 is 1.76 bits per heavy atom. The molecule has 0 aliphatic heterocycles. The lowest BCUT2D eigenvalue weighted by molar-refractivity contribution is -0.0972. The lowest BCUT2D eigenvalue weighted by Gasteiger charge is -2.28. The molecule has 0 fully saturated rings. The molecule has 4 atom stereocenters. The van der Waals surface area contributed by atoms with Crippen LogP contribution in [-0.2, 0) is 11.3 Å². The van der Waals surface area contributed by atoms with Gasteiger partial charge in [-0.1, -0.05) is 28.6 Å². The van der Waals surface area contributed by atoms with E-state index in [1.165, 1.54) is 25.3 Å². The van der Waals surface area contributed by atoms with Crippen molar-refractivity contribution in [3.8, 4) is 11.3 Å². The van der Waals surface area contributed by atoms with E-state index in [2.05, 4.69) is 10.3 Å². The van der Waals surface area contributed by atoms with E-state index >= 15 is 0 Å². The van der Waals surface area contributed by atoms with Crippen molar-refractivity contribution in [1.29, 1.82) is 0 Å². The van der Waals surface area contributed by atoms with Gasteiger partial charge in [0.15, 0.2) is 17.5 Å². The number of hydrogen-bond acceptors (Lipinski definition) is 7. The van der Waals surface area contributed by atoms with Gasteiger partial charge in [-0.25, -0.2) is 22.2 Å². The van der Waals surface area contributed by atoms with Gasteiger partial charge in [0.05, 0.1) is 25.5 Å². The summed E-state index contributed by atoms with van der Waals surface area (Å²) in [7, 11) is 0. The fourth-order valence-electron chi connectivity index (χ4n) is 2.87. The Morgan fingerprint density at radius 3 is 2.38 bits per heavy atom. The molecule has 0 aliphatic carbocycles. The number of halogens is 5. The first kappa shape index (κ1) is 26.4. The molecule has 0 amide bonds.